The number of amides is 1. The van der Waals surface area contributed by atoms with E-state index in [0.717, 1.165) is 26.5 Å². The maximum atomic E-state index is 13.3. The zero-order valence-electron chi connectivity index (χ0n) is 22.2. The normalized spacial score (nSPS) is 11.1. The van der Waals surface area contributed by atoms with Crippen LogP contribution in [0.4, 0.5) is 0 Å². The zero-order valence-corrected chi connectivity index (χ0v) is 24.5. The highest BCUT2D eigenvalue weighted by Crippen LogP contribution is 2.37. The molecule has 0 atom stereocenters. The number of halogens is 2. The van der Waals surface area contributed by atoms with Crippen molar-refractivity contribution < 1.29 is 19.1 Å². The third-order valence-corrected chi connectivity index (χ3v) is 7.11. The van der Waals surface area contributed by atoms with Crippen molar-refractivity contribution in [3.63, 3.8) is 0 Å². The van der Waals surface area contributed by atoms with Crippen molar-refractivity contribution >= 4 is 56.5 Å². The van der Waals surface area contributed by atoms with Gasteiger partial charge < -0.3 is 14.5 Å². The molecule has 0 unspecified atom stereocenters. The van der Waals surface area contributed by atoms with Crippen LogP contribution in [0.25, 0.3) is 22.0 Å². The molecule has 5 rings (SSSR count). The van der Waals surface area contributed by atoms with E-state index in [1.807, 2.05) is 50.2 Å². The van der Waals surface area contributed by atoms with Gasteiger partial charge in [0.15, 0.2) is 11.5 Å². The number of esters is 1. The van der Waals surface area contributed by atoms with E-state index < -0.39 is 11.9 Å². The van der Waals surface area contributed by atoms with E-state index in [-0.39, 0.29) is 5.75 Å². The summed E-state index contributed by atoms with van der Waals surface area (Å²) in [5, 5.41) is 5.59. The van der Waals surface area contributed by atoms with Crippen LogP contribution in [0.2, 0.25) is 5.02 Å². The molecule has 0 radical (unpaired) electrons. The molecular formula is C32H25BrClN3O4. The Labute approximate surface area is 250 Å². The minimum atomic E-state index is -0.505. The lowest BCUT2D eigenvalue weighted by Gasteiger charge is -2.11. The lowest BCUT2D eigenvalue weighted by molar-refractivity contribution is 0.0728. The molecule has 206 valence electrons. The molecule has 7 nitrogen and oxygen atoms in total. The zero-order chi connectivity index (χ0) is 28.9. The van der Waals surface area contributed by atoms with Gasteiger partial charge in [-0.25, -0.2) is 10.2 Å². The van der Waals surface area contributed by atoms with E-state index in [2.05, 4.69) is 31.4 Å². The van der Waals surface area contributed by atoms with Crippen molar-refractivity contribution in [2.75, 3.05) is 6.61 Å². The largest absolute Gasteiger partial charge is 0.490 e. The van der Waals surface area contributed by atoms with Crippen molar-refractivity contribution in [2.24, 2.45) is 5.10 Å². The molecule has 4 aromatic carbocycles. The van der Waals surface area contributed by atoms with Crippen LogP contribution >= 0.6 is 27.5 Å². The maximum Gasteiger partial charge on any atom is 0.343 e. The molecule has 0 aliphatic rings. The van der Waals surface area contributed by atoms with E-state index in [4.69, 9.17) is 21.1 Å². The highest BCUT2D eigenvalue weighted by atomic mass is 79.9. The number of nitrogens with zero attached hydrogens (tertiary/aromatic N) is 1. The van der Waals surface area contributed by atoms with E-state index in [1.165, 1.54) is 6.21 Å². The molecule has 0 saturated heterocycles. The van der Waals surface area contributed by atoms with Gasteiger partial charge in [-0.2, -0.15) is 5.10 Å². The van der Waals surface area contributed by atoms with Crippen LogP contribution < -0.4 is 14.9 Å². The summed E-state index contributed by atoms with van der Waals surface area (Å²) in [5.41, 5.74) is 7.32. The van der Waals surface area contributed by atoms with Crippen LogP contribution in [0.15, 0.2) is 94.5 Å². The van der Waals surface area contributed by atoms with Gasteiger partial charge in [0.1, 0.15) is 5.69 Å². The minimum absolute atomic E-state index is 0.277. The molecular weight excluding hydrogens is 606 g/mol. The number of hydrogen-bond acceptors (Lipinski definition) is 5. The second-order valence-corrected chi connectivity index (χ2v) is 10.5. The number of fused-ring (bicyclic) bond motifs is 1. The van der Waals surface area contributed by atoms with Gasteiger partial charge in [-0.1, -0.05) is 57.4 Å². The van der Waals surface area contributed by atoms with E-state index in [1.54, 1.807) is 48.5 Å². The Morgan fingerprint density at radius 1 is 1.00 bits per heavy atom. The van der Waals surface area contributed by atoms with E-state index >= 15 is 0 Å². The Balaban J connectivity index is 1.37. The molecule has 41 heavy (non-hydrogen) atoms. The smallest absolute Gasteiger partial charge is 0.343 e. The molecule has 0 spiro atoms. The molecule has 1 amide bonds. The quantitative estimate of drug-likeness (QED) is 0.0788. The van der Waals surface area contributed by atoms with Crippen LogP contribution in [-0.2, 0) is 0 Å². The van der Waals surface area contributed by atoms with Crippen molar-refractivity contribution in [2.45, 2.75) is 13.8 Å². The lowest BCUT2D eigenvalue weighted by Crippen LogP contribution is -2.19. The first-order valence-corrected chi connectivity index (χ1v) is 14.0. The Kier molecular flexibility index (Phi) is 8.52. The minimum Gasteiger partial charge on any atom is -0.490 e. The SMILES string of the molecule is CCOc1cc(C=NNC(=O)c2[nH]c3ccc(C)cc3c2-c2ccccc2Cl)ccc1OC(=O)c1ccc(Br)cc1. The van der Waals surface area contributed by atoms with Gasteiger partial charge in [0.05, 0.1) is 18.4 Å². The predicted octanol–water partition coefficient (Wildman–Crippen LogP) is 7.94. The predicted molar refractivity (Wildman–Crippen MR) is 165 cm³/mol. The number of hydrazone groups is 1. The summed E-state index contributed by atoms with van der Waals surface area (Å²) in [4.78, 5) is 29.1. The summed E-state index contributed by atoms with van der Waals surface area (Å²) in [6, 6.07) is 25.2. The second kappa shape index (κ2) is 12.4. The average Bonchev–Trinajstić information content (AvgIpc) is 3.33. The van der Waals surface area contributed by atoms with Gasteiger partial charge >= 0.3 is 5.97 Å². The van der Waals surface area contributed by atoms with Crippen molar-refractivity contribution in [1.29, 1.82) is 0 Å². The van der Waals surface area contributed by atoms with Gasteiger partial charge in [-0.3, -0.25) is 4.79 Å². The van der Waals surface area contributed by atoms with Gasteiger partial charge in [-0.15, -0.1) is 0 Å². The summed E-state index contributed by atoms with van der Waals surface area (Å²) in [6.07, 6.45) is 1.49. The van der Waals surface area contributed by atoms with Crippen LogP contribution in [0.1, 0.15) is 38.9 Å². The third-order valence-electron chi connectivity index (χ3n) is 6.25. The number of ether oxygens (including phenoxy) is 2. The summed E-state index contributed by atoms with van der Waals surface area (Å²) in [5.74, 6) is -0.274. The number of carbonyl (C=O) groups is 2. The molecule has 0 bridgehead atoms. The fourth-order valence-electron chi connectivity index (χ4n) is 4.34. The first-order chi connectivity index (χ1) is 19.8. The number of carbonyl (C=O) groups excluding carboxylic acids is 2. The molecule has 0 aliphatic carbocycles. The first kappa shape index (κ1) is 28.1. The number of benzene rings is 4. The molecule has 9 heteroatoms. The molecule has 0 aliphatic heterocycles. The maximum absolute atomic E-state index is 13.3. The van der Waals surface area contributed by atoms with Gasteiger partial charge in [0, 0.05) is 31.5 Å². The highest BCUT2D eigenvalue weighted by molar-refractivity contribution is 9.10. The van der Waals surface area contributed by atoms with Gasteiger partial charge in [0.25, 0.3) is 5.91 Å². The fourth-order valence-corrected chi connectivity index (χ4v) is 4.84. The van der Waals surface area contributed by atoms with Crippen LogP contribution in [0.3, 0.4) is 0 Å². The summed E-state index contributed by atoms with van der Waals surface area (Å²) in [7, 11) is 0. The summed E-state index contributed by atoms with van der Waals surface area (Å²) < 4.78 is 12.1. The Bertz CT molecular complexity index is 1780. The second-order valence-electron chi connectivity index (χ2n) is 9.14. The average molecular weight is 631 g/mol. The standard InChI is InChI=1S/C32H25BrClN3O4/c1-3-40-28-17-20(9-15-27(28)41-32(39)21-10-12-22(33)13-11-21)18-35-37-31(38)30-29(23-6-4-5-7-25(23)34)24-16-19(2)8-14-26(24)36-30/h4-18,36H,3H2,1-2H3,(H,37,38). The monoisotopic (exact) mass is 629 g/mol. The van der Waals surface area contributed by atoms with Crippen LogP contribution in [-0.4, -0.2) is 29.7 Å². The van der Waals surface area contributed by atoms with Gasteiger partial charge in [0.2, 0.25) is 0 Å². The number of aryl methyl sites for hydroxylation is 1. The van der Waals surface area contributed by atoms with E-state index in [0.29, 0.717) is 39.8 Å². The molecule has 0 saturated carbocycles. The molecule has 2 N–H and O–H groups in total. The summed E-state index contributed by atoms with van der Waals surface area (Å²) >= 11 is 9.88. The number of aromatic amines is 1. The van der Waals surface area contributed by atoms with Crippen molar-refractivity contribution in [3.8, 4) is 22.6 Å². The Hall–Kier alpha value is -4.40. The number of H-pyrrole nitrogens is 1. The Morgan fingerprint density at radius 2 is 1.78 bits per heavy atom. The van der Waals surface area contributed by atoms with E-state index in [9.17, 15) is 9.59 Å². The number of aromatic nitrogens is 1. The Morgan fingerprint density at radius 3 is 2.54 bits per heavy atom. The number of rotatable bonds is 8. The highest BCUT2D eigenvalue weighted by Gasteiger charge is 2.21. The van der Waals surface area contributed by atoms with Crippen molar-refractivity contribution in [3.05, 3.63) is 117 Å². The molecule has 1 aromatic heterocycles. The van der Waals surface area contributed by atoms with Crippen LogP contribution in [0, 0.1) is 6.92 Å². The number of nitrogens with one attached hydrogen (secondary N) is 2. The number of hydrogen-bond donors (Lipinski definition) is 2. The lowest BCUT2D eigenvalue weighted by atomic mass is 10.0. The topological polar surface area (TPSA) is 92.8 Å². The molecule has 0 fully saturated rings. The van der Waals surface area contributed by atoms with Crippen LogP contribution in [0.5, 0.6) is 11.5 Å². The molecule has 1 heterocycles. The third kappa shape index (κ3) is 6.34. The first-order valence-electron chi connectivity index (χ1n) is 12.8. The summed E-state index contributed by atoms with van der Waals surface area (Å²) in [6.45, 7) is 4.20. The van der Waals surface area contributed by atoms with Crippen molar-refractivity contribution in [1.82, 2.24) is 10.4 Å². The van der Waals surface area contributed by atoms with Gasteiger partial charge in [-0.05, 0) is 80.1 Å². The molecule has 5 aromatic rings. The fraction of sp³-hybridized carbons (Fsp3) is 0.0938.